The lowest BCUT2D eigenvalue weighted by Crippen LogP contribution is -2.33. The van der Waals surface area contributed by atoms with Gasteiger partial charge in [-0.2, -0.15) is 0 Å². The van der Waals surface area contributed by atoms with Gasteiger partial charge in [0.2, 0.25) is 0 Å². The summed E-state index contributed by atoms with van der Waals surface area (Å²) >= 11 is 0. The molecule has 2 aromatic carbocycles. The minimum Gasteiger partial charge on any atom is -0.480 e. The number of carbonyl (C=O) groups is 1. The molecular formula is C19H16N2O3. The fraction of sp³-hybridized carbons (Fsp3) is 0.158. The Morgan fingerprint density at radius 3 is 2.62 bits per heavy atom. The molecule has 0 aliphatic carbocycles. The van der Waals surface area contributed by atoms with Crippen LogP contribution in [0.2, 0.25) is 0 Å². The molecule has 3 aromatic rings. The number of hydrogen-bond acceptors (Lipinski definition) is 4. The summed E-state index contributed by atoms with van der Waals surface area (Å²) in [6.07, 6.45) is -0.570. The fourth-order valence-corrected chi connectivity index (χ4v) is 2.92. The van der Waals surface area contributed by atoms with E-state index in [1.54, 1.807) is 6.07 Å². The van der Waals surface area contributed by atoms with Crippen LogP contribution in [0, 0.1) is 0 Å². The van der Waals surface area contributed by atoms with Crippen LogP contribution in [0.4, 0.5) is 5.82 Å². The van der Waals surface area contributed by atoms with Crippen molar-refractivity contribution < 1.29 is 14.1 Å². The van der Waals surface area contributed by atoms with Crippen LogP contribution in [0.5, 0.6) is 5.75 Å². The highest BCUT2D eigenvalue weighted by molar-refractivity contribution is 5.95. The number of carbonyl (C=O) groups excluding carboxylic acids is 1. The molecule has 4 rings (SSSR count). The number of anilines is 1. The number of fused-ring (bicyclic) bond motifs is 1. The Morgan fingerprint density at radius 2 is 1.83 bits per heavy atom. The van der Waals surface area contributed by atoms with Gasteiger partial charge >= 0.3 is 0 Å². The molecule has 1 amide bonds. The Labute approximate surface area is 139 Å². The van der Waals surface area contributed by atoms with Gasteiger partial charge in [-0.05, 0) is 6.07 Å². The van der Waals surface area contributed by atoms with Gasteiger partial charge in [0.25, 0.3) is 5.91 Å². The SMILES string of the molecule is C[C@@H]1c2ccccc2O[C@H]1C(=O)Nc1cc(-c2ccccc2)on1. The largest absolute Gasteiger partial charge is 0.480 e. The lowest BCUT2D eigenvalue weighted by atomic mass is 9.97. The third-order valence-corrected chi connectivity index (χ3v) is 4.20. The lowest BCUT2D eigenvalue weighted by molar-refractivity contribution is -0.122. The zero-order chi connectivity index (χ0) is 16.5. The minimum absolute atomic E-state index is 0.0123. The molecule has 24 heavy (non-hydrogen) atoms. The van der Waals surface area contributed by atoms with Crippen molar-refractivity contribution >= 4 is 11.7 Å². The van der Waals surface area contributed by atoms with E-state index in [1.807, 2.05) is 61.5 Å². The quantitative estimate of drug-likeness (QED) is 0.796. The first kappa shape index (κ1) is 14.5. The van der Waals surface area contributed by atoms with Crippen molar-refractivity contribution in [3.8, 4) is 17.1 Å². The van der Waals surface area contributed by atoms with Gasteiger partial charge in [0.1, 0.15) is 5.75 Å². The molecule has 5 nitrogen and oxygen atoms in total. The minimum atomic E-state index is -0.570. The third-order valence-electron chi connectivity index (χ3n) is 4.20. The maximum Gasteiger partial charge on any atom is 0.267 e. The first-order chi connectivity index (χ1) is 11.7. The average Bonchev–Trinajstić information content (AvgIpc) is 3.21. The molecule has 0 radical (unpaired) electrons. The molecule has 120 valence electrons. The Bertz CT molecular complexity index is 873. The molecular weight excluding hydrogens is 304 g/mol. The van der Waals surface area contributed by atoms with Crippen molar-refractivity contribution in [1.29, 1.82) is 0 Å². The molecule has 2 heterocycles. The summed E-state index contributed by atoms with van der Waals surface area (Å²) in [4.78, 5) is 12.5. The van der Waals surface area contributed by atoms with Crippen molar-refractivity contribution in [3.63, 3.8) is 0 Å². The maximum atomic E-state index is 12.5. The Kier molecular flexibility index (Phi) is 3.54. The van der Waals surface area contributed by atoms with Crippen LogP contribution in [0.1, 0.15) is 18.4 Å². The number of ether oxygens (including phenoxy) is 1. The van der Waals surface area contributed by atoms with E-state index in [2.05, 4.69) is 10.5 Å². The van der Waals surface area contributed by atoms with Gasteiger partial charge in [0.15, 0.2) is 17.7 Å². The highest BCUT2D eigenvalue weighted by Crippen LogP contribution is 2.38. The van der Waals surface area contributed by atoms with Crippen LogP contribution in [0.3, 0.4) is 0 Å². The van der Waals surface area contributed by atoms with E-state index in [0.717, 1.165) is 16.9 Å². The second-order valence-corrected chi connectivity index (χ2v) is 5.80. The summed E-state index contributed by atoms with van der Waals surface area (Å²) in [5, 5.41) is 6.69. The molecule has 0 saturated carbocycles. The molecule has 0 saturated heterocycles. The maximum absolute atomic E-state index is 12.5. The normalized spacial score (nSPS) is 18.7. The Balaban J connectivity index is 1.49. The monoisotopic (exact) mass is 320 g/mol. The smallest absolute Gasteiger partial charge is 0.267 e. The Morgan fingerprint density at radius 1 is 1.08 bits per heavy atom. The zero-order valence-electron chi connectivity index (χ0n) is 13.1. The molecule has 1 aliphatic heterocycles. The van der Waals surface area contributed by atoms with Crippen molar-refractivity contribution in [2.45, 2.75) is 18.9 Å². The van der Waals surface area contributed by atoms with Gasteiger partial charge < -0.3 is 14.6 Å². The molecule has 0 spiro atoms. The predicted octanol–water partition coefficient (Wildman–Crippen LogP) is 3.84. The summed E-state index contributed by atoms with van der Waals surface area (Å²) in [5.74, 6) is 1.50. The molecule has 2 atom stereocenters. The van der Waals surface area contributed by atoms with E-state index >= 15 is 0 Å². The number of amides is 1. The van der Waals surface area contributed by atoms with E-state index in [4.69, 9.17) is 9.26 Å². The van der Waals surface area contributed by atoms with Crippen molar-refractivity contribution in [2.75, 3.05) is 5.32 Å². The molecule has 0 bridgehead atoms. The first-order valence-corrected chi connectivity index (χ1v) is 7.81. The summed E-state index contributed by atoms with van der Waals surface area (Å²) in [5.41, 5.74) is 1.95. The zero-order valence-corrected chi connectivity index (χ0v) is 13.1. The van der Waals surface area contributed by atoms with Crippen molar-refractivity contribution in [3.05, 3.63) is 66.2 Å². The highest BCUT2D eigenvalue weighted by Gasteiger charge is 2.36. The van der Waals surface area contributed by atoms with Crippen molar-refractivity contribution in [2.24, 2.45) is 0 Å². The van der Waals surface area contributed by atoms with Crippen LogP contribution >= 0.6 is 0 Å². The fourth-order valence-electron chi connectivity index (χ4n) is 2.92. The Hall–Kier alpha value is -3.08. The van der Waals surface area contributed by atoms with Crippen LogP contribution in [-0.2, 0) is 4.79 Å². The van der Waals surface area contributed by atoms with Gasteiger partial charge in [-0.1, -0.05) is 60.6 Å². The molecule has 1 aromatic heterocycles. The van der Waals surface area contributed by atoms with E-state index in [0.29, 0.717) is 11.6 Å². The summed E-state index contributed by atoms with van der Waals surface area (Å²) in [7, 11) is 0. The van der Waals surface area contributed by atoms with Crippen LogP contribution < -0.4 is 10.1 Å². The van der Waals surface area contributed by atoms with Gasteiger partial charge in [-0.15, -0.1) is 0 Å². The number of nitrogens with zero attached hydrogens (tertiary/aromatic N) is 1. The predicted molar refractivity (Wildman–Crippen MR) is 89.8 cm³/mol. The summed E-state index contributed by atoms with van der Waals surface area (Å²) < 4.78 is 11.1. The first-order valence-electron chi connectivity index (χ1n) is 7.81. The molecule has 1 aliphatic rings. The van der Waals surface area contributed by atoms with E-state index in [-0.39, 0.29) is 11.8 Å². The van der Waals surface area contributed by atoms with Crippen molar-refractivity contribution in [1.82, 2.24) is 5.16 Å². The number of aromatic nitrogens is 1. The van der Waals surface area contributed by atoms with Gasteiger partial charge in [-0.3, -0.25) is 4.79 Å². The van der Waals surface area contributed by atoms with Crippen LogP contribution in [0.15, 0.2) is 65.2 Å². The molecule has 0 fully saturated rings. The van der Waals surface area contributed by atoms with Crippen LogP contribution in [-0.4, -0.2) is 17.2 Å². The summed E-state index contributed by atoms with van der Waals surface area (Å²) in [6, 6.07) is 19.0. The van der Waals surface area contributed by atoms with Gasteiger partial charge in [0, 0.05) is 23.1 Å². The number of para-hydroxylation sites is 1. The second kappa shape index (κ2) is 5.85. The highest BCUT2D eigenvalue weighted by atomic mass is 16.5. The lowest BCUT2D eigenvalue weighted by Gasteiger charge is -2.13. The van der Waals surface area contributed by atoms with Crippen LogP contribution in [0.25, 0.3) is 11.3 Å². The van der Waals surface area contributed by atoms with E-state index in [9.17, 15) is 4.79 Å². The topological polar surface area (TPSA) is 64.4 Å². The van der Waals surface area contributed by atoms with E-state index in [1.165, 1.54) is 0 Å². The standard InChI is InChI=1S/C19H16N2O3/c1-12-14-9-5-6-10-15(14)23-18(12)19(22)20-17-11-16(24-21-17)13-7-3-2-4-8-13/h2-12,18H,1H3,(H,20,21,22)/t12-,18-/m1/s1. The number of hydrogen-bond donors (Lipinski definition) is 1. The summed E-state index contributed by atoms with van der Waals surface area (Å²) in [6.45, 7) is 1.98. The molecule has 0 unspecified atom stereocenters. The van der Waals surface area contributed by atoms with Gasteiger partial charge in [0.05, 0.1) is 0 Å². The average molecular weight is 320 g/mol. The third kappa shape index (κ3) is 2.54. The molecule has 1 N–H and O–H groups in total. The number of rotatable bonds is 3. The number of benzene rings is 2. The van der Waals surface area contributed by atoms with Gasteiger partial charge in [-0.25, -0.2) is 0 Å². The number of nitrogens with one attached hydrogen (secondary N) is 1. The van der Waals surface area contributed by atoms with E-state index < -0.39 is 6.10 Å². The molecule has 5 heteroatoms. The second-order valence-electron chi connectivity index (χ2n) is 5.80.